The number of unbranched alkanes of at least 4 members (excludes halogenated alkanes) is 1. The van der Waals surface area contributed by atoms with E-state index in [1.165, 1.54) is 0 Å². The summed E-state index contributed by atoms with van der Waals surface area (Å²) in [6.45, 7) is 2.48. The molecule has 0 spiro atoms. The van der Waals surface area contributed by atoms with E-state index in [1.807, 2.05) is 25.1 Å². The number of nitrogens with one attached hydrogen (secondary N) is 1. The molecule has 1 amide bonds. The fourth-order valence-electron chi connectivity index (χ4n) is 1.26. The van der Waals surface area contributed by atoms with Crippen LogP contribution in [-0.2, 0) is 0 Å². The molecular formula is C12H13BrN2O. The van der Waals surface area contributed by atoms with E-state index in [-0.39, 0.29) is 5.91 Å². The Morgan fingerprint density at radius 1 is 1.56 bits per heavy atom. The molecule has 3 nitrogen and oxygen atoms in total. The smallest absolute Gasteiger partial charge is 0.251 e. The zero-order valence-electron chi connectivity index (χ0n) is 9.09. The summed E-state index contributed by atoms with van der Waals surface area (Å²) in [7, 11) is 0. The van der Waals surface area contributed by atoms with Crippen molar-refractivity contribution in [1.82, 2.24) is 5.32 Å². The van der Waals surface area contributed by atoms with Crippen LogP contribution in [0.2, 0.25) is 0 Å². The zero-order valence-corrected chi connectivity index (χ0v) is 10.7. The van der Waals surface area contributed by atoms with Crippen molar-refractivity contribution >= 4 is 21.8 Å². The Balaban J connectivity index is 2.53. The summed E-state index contributed by atoms with van der Waals surface area (Å²) in [4.78, 5) is 11.7. The molecule has 0 unspecified atom stereocenters. The SMILES string of the molecule is Cc1cc(C(=O)NCCCC#N)ccc1Br. The second-order valence-electron chi connectivity index (χ2n) is 3.48. The average molecular weight is 281 g/mol. The van der Waals surface area contributed by atoms with Crippen LogP contribution < -0.4 is 5.32 Å². The fraction of sp³-hybridized carbons (Fsp3) is 0.333. The Morgan fingerprint density at radius 3 is 2.94 bits per heavy atom. The molecule has 0 saturated heterocycles. The lowest BCUT2D eigenvalue weighted by Gasteiger charge is -2.05. The van der Waals surface area contributed by atoms with Crippen LogP contribution in [0.5, 0.6) is 0 Å². The molecule has 0 aliphatic rings. The van der Waals surface area contributed by atoms with E-state index in [2.05, 4.69) is 21.2 Å². The van der Waals surface area contributed by atoms with Crippen LogP contribution in [0.25, 0.3) is 0 Å². The Morgan fingerprint density at radius 2 is 2.31 bits per heavy atom. The summed E-state index contributed by atoms with van der Waals surface area (Å²) in [5.74, 6) is -0.0893. The molecule has 0 atom stereocenters. The van der Waals surface area contributed by atoms with Crippen molar-refractivity contribution in [2.24, 2.45) is 0 Å². The fourth-order valence-corrected chi connectivity index (χ4v) is 1.50. The minimum atomic E-state index is -0.0893. The third kappa shape index (κ3) is 3.67. The predicted octanol–water partition coefficient (Wildman–Crippen LogP) is 2.79. The highest BCUT2D eigenvalue weighted by Crippen LogP contribution is 2.16. The van der Waals surface area contributed by atoms with E-state index in [9.17, 15) is 4.79 Å². The van der Waals surface area contributed by atoms with E-state index in [4.69, 9.17) is 5.26 Å². The molecule has 1 N–H and O–H groups in total. The largest absolute Gasteiger partial charge is 0.352 e. The van der Waals surface area contributed by atoms with E-state index in [0.717, 1.165) is 10.0 Å². The molecule has 0 aliphatic carbocycles. The minimum Gasteiger partial charge on any atom is -0.352 e. The Bertz CT molecular complexity index is 424. The summed E-state index contributed by atoms with van der Waals surface area (Å²) in [6.07, 6.45) is 1.16. The van der Waals surface area contributed by atoms with Gasteiger partial charge >= 0.3 is 0 Å². The number of carbonyl (C=O) groups excluding carboxylic acids is 1. The van der Waals surface area contributed by atoms with Crippen molar-refractivity contribution in [3.63, 3.8) is 0 Å². The zero-order chi connectivity index (χ0) is 12.0. The summed E-state index contributed by atoms with van der Waals surface area (Å²) < 4.78 is 0.994. The van der Waals surface area contributed by atoms with Crippen molar-refractivity contribution in [2.75, 3.05) is 6.54 Å². The van der Waals surface area contributed by atoms with Gasteiger partial charge in [0.2, 0.25) is 0 Å². The number of benzene rings is 1. The van der Waals surface area contributed by atoms with Crippen molar-refractivity contribution in [1.29, 1.82) is 5.26 Å². The van der Waals surface area contributed by atoms with E-state index in [1.54, 1.807) is 6.07 Å². The van der Waals surface area contributed by atoms with Gasteiger partial charge in [-0.05, 0) is 37.1 Å². The monoisotopic (exact) mass is 280 g/mol. The number of amides is 1. The van der Waals surface area contributed by atoms with Crippen LogP contribution in [0, 0.1) is 18.3 Å². The van der Waals surface area contributed by atoms with Crippen LogP contribution in [0.4, 0.5) is 0 Å². The Kier molecular flexibility index (Phi) is 5.00. The topological polar surface area (TPSA) is 52.9 Å². The van der Waals surface area contributed by atoms with Crippen LogP contribution in [0.15, 0.2) is 22.7 Å². The first-order valence-electron chi connectivity index (χ1n) is 5.06. The maximum Gasteiger partial charge on any atom is 0.251 e. The number of carbonyl (C=O) groups is 1. The number of nitriles is 1. The molecule has 0 heterocycles. The molecule has 0 radical (unpaired) electrons. The van der Waals surface area contributed by atoms with Crippen molar-refractivity contribution in [3.8, 4) is 6.07 Å². The maximum atomic E-state index is 11.7. The van der Waals surface area contributed by atoms with Crippen LogP contribution in [0.1, 0.15) is 28.8 Å². The highest BCUT2D eigenvalue weighted by molar-refractivity contribution is 9.10. The first-order chi connectivity index (χ1) is 7.65. The van der Waals surface area contributed by atoms with Crippen LogP contribution in [0.3, 0.4) is 0 Å². The van der Waals surface area contributed by atoms with E-state index >= 15 is 0 Å². The van der Waals surface area contributed by atoms with Crippen LogP contribution in [-0.4, -0.2) is 12.5 Å². The quantitative estimate of drug-likeness (QED) is 0.863. The summed E-state index contributed by atoms with van der Waals surface area (Å²) >= 11 is 3.38. The third-order valence-corrected chi connectivity index (χ3v) is 3.06. The maximum absolute atomic E-state index is 11.7. The molecule has 0 fully saturated rings. The summed E-state index contributed by atoms with van der Waals surface area (Å²) in [5, 5.41) is 11.1. The normalized spacial score (nSPS) is 9.56. The lowest BCUT2D eigenvalue weighted by atomic mass is 10.1. The van der Waals surface area contributed by atoms with Crippen molar-refractivity contribution in [2.45, 2.75) is 19.8 Å². The van der Waals surface area contributed by atoms with Crippen LogP contribution >= 0.6 is 15.9 Å². The second kappa shape index (κ2) is 6.29. The molecule has 84 valence electrons. The molecular weight excluding hydrogens is 268 g/mol. The molecule has 0 aromatic heterocycles. The van der Waals surface area contributed by atoms with Gasteiger partial charge in [-0.1, -0.05) is 15.9 Å². The van der Waals surface area contributed by atoms with E-state index in [0.29, 0.717) is 24.9 Å². The molecule has 0 saturated carbocycles. The van der Waals surface area contributed by atoms with Gasteiger partial charge in [-0.15, -0.1) is 0 Å². The molecule has 0 bridgehead atoms. The van der Waals surface area contributed by atoms with Gasteiger partial charge in [0.15, 0.2) is 0 Å². The lowest BCUT2D eigenvalue weighted by molar-refractivity contribution is 0.0953. The van der Waals surface area contributed by atoms with Gasteiger partial charge in [0.05, 0.1) is 6.07 Å². The molecule has 4 heteroatoms. The standard InChI is InChI=1S/C12H13BrN2O/c1-9-8-10(4-5-11(9)13)12(16)15-7-3-2-6-14/h4-5,8H,2-3,7H2,1H3,(H,15,16). The molecule has 1 aromatic carbocycles. The number of rotatable bonds is 4. The number of aryl methyl sites for hydroxylation is 1. The van der Waals surface area contributed by atoms with E-state index < -0.39 is 0 Å². The third-order valence-electron chi connectivity index (χ3n) is 2.17. The molecule has 1 aromatic rings. The summed E-state index contributed by atoms with van der Waals surface area (Å²) in [5.41, 5.74) is 1.68. The average Bonchev–Trinajstić information content (AvgIpc) is 2.28. The van der Waals surface area contributed by atoms with Gasteiger partial charge in [0.1, 0.15) is 0 Å². The second-order valence-corrected chi connectivity index (χ2v) is 4.34. The van der Waals surface area contributed by atoms with Crippen molar-refractivity contribution in [3.05, 3.63) is 33.8 Å². The first kappa shape index (κ1) is 12.7. The summed E-state index contributed by atoms with van der Waals surface area (Å²) in [6, 6.07) is 7.51. The molecule has 0 aliphatic heterocycles. The number of hydrogen-bond acceptors (Lipinski definition) is 2. The number of halogens is 1. The number of hydrogen-bond donors (Lipinski definition) is 1. The van der Waals surface area contributed by atoms with Gasteiger partial charge < -0.3 is 5.32 Å². The van der Waals surface area contributed by atoms with Gasteiger partial charge in [0, 0.05) is 23.0 Å². The molecule has 16 heavy (non-hydrogen) atoms. The Hall–Kier alpha value is -1.34. The predicted molar refractivity (Wildman–Crippen MR) is 66.1 cm³/mol. The van der Waals surface area contributed by atoms with Crippen molar-refractivity contribution < 1.29 is 4.79 Å². The molecule has 1 rings (SSSR count). The number of nitrogens with zero attached hydrogens (tertiary/aromatic N) is 1. The lowest BCUT2D eigenvalue weighted by Crippen LogP contribution is -2.24. The highest BCUT2D eigenvalue weighted by atomic mass is 79.9. The van der Waals surface area contributed by atoms with Gasteiger partial charge in [-0.2, -0.15) is 5.26 Å². The first-order valence-corrected chi connectivity index (χ1v) is 5.85. The highest BCUT2D eigenvalue weighted by Gasteiger charge is 2.05. The van der Waals surface area contributed by atoms with Gasteiger partial charge in [0.25, 0.3) is 5.91 Å². The Labute approximate surface area is 104 Å². The minimum absolute atomic E-state index is 0.0893. The van der Waals surface area contributed by atoms with Gasteiger partial charge in [-0.25, -0.2) is 0 Å². The van der Waals surface area contributed by atoms with Gasteiger partial charge in [-0.3, -0.25) is 4.79 Å².